The third-order valence-corrected chi connectivity index (χ3v) is 5.36. The van der Waals surface area contributed by atoms with Crippen molar-refractivity contribution in [3.8, 4) is 33.3 Å². The zero-order valence-electron chi connectivity index (χ0n) is 17.1. The maximum absolute atomic E-state index is 12.3. The number of nitrogens with zero attached hydrogens (tertiary/aromatic N) is 1. The molecule has 31 heavy (non-hydrogen) atoms. The van der Waals surface area contributed by atoms with Crippen molar-refractivity contribution in [1.82, 2.24) is 4.98 Å². The molecule has 1 aromatic heterocycles. The van der Waals surface area contributed by atoms with Crippen LogP contribution in [0.15, 0.2) is 84.2 Å². The maximum Gasteiger partial charge on any atom is 0.262 e. The Hall–Kier alpha value is -3.64. The molecule has 0 aliphatic heterocycles. The SMILES string of the molecule is CCOc1ccc(OCC(=O)Nc2cccc(-c3csc(-c4ccccc4)n3)c2)cc1. The lowest BCUT2D eigenvalue weighted by Gasteiger charge is -2.09. The first-order chi connectivity index (χ1) is 15.2. The number of aromatic nitrogens is 1. The highest BCUT2D eigenvalue weighted by Crippen LogP contribution is 2.29. The number of anilines is 1. The largest absolute Gasteiger partial charge is 0.494 e. The van der Waals surface area contributed by atoms with Crippen molar-refractivity contribution in [3.63, 3.8) is 0 Å². The number of nitrogens with one attached hydrogen (secondary N) is 1. The van der Waals surface area contributed by atoms with Gasteiger partial charge in [0.05, 0.1) is 12.3 Å². The van der Waals surface area contributed by atoms with Gasteiger partial charge in [0.25, 0.3) is 5.91 Å². The van der Waals surface area contributed by atoms with Crippen molar-refractivity contribution in [2.24, 2.45) is 0 Å². The molecule has 4 aromatic rings. The first kappa shape index (κ1) is 20.6. The summed E-state index contributed by atoms with van der Waals surface area (Å²) in [7, 11) is 0. The van der Waals surface area contributed by atoms with Crippen LogP contribution in [0.4, 0.5) is 5.69 Å². The number of hydrogen-bond acceptors (Lipinski definition) is 5. The van der Waals surface area contributed by atoms with Crippen LogP contribution >= 0.6 is 11.3 Å². The van der Waals surface area contributed by atoms with Gasteiger partial charge in [-0.1, -0.05) is 42.5 Å². The van der Waals surface area contributed by atoms with Crippen LogP contribution in [0.1, 0.15) is 6.92 Å². The molecule has 0 spiro atoms. The lowest BCUT2D eigenvalue weighted by molar-refractivity contribution is -0.118. The second-order valence-electron chi connectivity index (χ2n) is 6.73. The molecule has 0 bridgehead atoms. The molecule has 5 nitrogen and oxygen atoms in total. The molecule has 0 radical (unpaired) electrons. The van der Waals surface area contributed by atoms with Crippen LogP contribution in [-0.4, -0.2) is 24.1 Å². The summed E-state index contributed by atoms with van der Waals surface area (Å²) >= 11 is 1.60. The Morgan fingerprint density at radius 2 is 1.61 bits per heavy atom. The Bertz CT molecular complexity index is 1140. The number of carbonyl (C=O) groups excluding carboxylic acids is 1. The topological polar surface area (TPSA) is 60.5 Å². The van der Waals surface area contributed by atoms with Gasteiger partial charge in [0, 0.05) is 22.2 Å². The van der Waals surface area contributed by atoms with Crippen LogP contribution in [0.2, 0.25) is 0 Å². The lowest BCUT2D eigenvalue weighted by Crippen LogP contribution is -2.20. The Balaban J connectivity index is 1.37. The van der Waals surface area contributed by atoms with E-state index in [0.717, 1.165) is 27.6 Å². The molecular weight excluding hydrogens is 408 g/mol. The van der Waals surface area contributed by atoms with E-state index >= 15 is 0 Å². The summed E-state index contributed by atoms with van der Waals surface area (Å²) in [6.45, 7) is 2.46. The first-order valence-electron chi connectivity index (χ1n) is 9.98. The molecule has 0 unspecified atom stereocenters. The van der Waals surface area contributed by atoms with Crippen molar-refractivity contribution in [2.45, 2.75) is 6.92 Å². The van der Waals surface area contributed by atoms with Gasteiger partial charge in [-0.25, -0.2) is 4.98 Å². The van der Waals surface area contributed by atoms with E-state index in [1.807, 2.05) is 79.0 Å². The van der Waals surface area contributed by atoms with Crippen LogP contribution in [0.5, 0.6) is 11.5 Å². The van der Waals surface area contributed by atoms with Crippen LogP contribution < -0.4 is 14.8 Å². The summed E-state index contributed by atoms with van der Waals surface area (Å²) in [5, 5.41) is 5.87. The third kappa shape index (κ3) is 5.49. The molecule has 3 aromatic carbocycles. The van der Waals surface area contributed by atoms with Gasteiger partial charge in [-0.3, -0.25) is 4.79 Å². The zero-order valence-corrected chi connectivity index (χ0v) is 17.9. The second kappa shape index (κ2) is 9.91. The molecule has 0 atom stereocenters. The summed E-state index contributed by atoms with van der Waals surface area (Å²) in [6, 6.07) is 24.9. The molecule has 0 saturated heterocycles. The molecule has 0 saturated carbocycles. The minimum absolute atomic E-state index is 0.0763. The molecule has 0 fully saturated rings. The van der Waals surface area contributed by atoms with Gasteiger partial charge in [-0.05, 0) is 43.3 Å². The fourth-order valence-electron chi connectivity index (χ4n) is 3.02. The molecule has 0 aliphatic rings. The lowest BCUT2D eigenvalue weighted by atomic mass is 10.1. The van der Waals surface area contributed by atoms with E-state index in [1.165, 1.54) is 0 Å². The highest BCUT2D eigenvalue weighted by atomic mass is 32.1. The van der Waals surface area contributed by atoms with Gasteiger partial charge in [0.1, 0.15) is 16.5 Å². The number of benzene rings is 3. The van der Waals surface area contributed by atoms with Gasteiger partial charge in [-0.15, -0.1) is 11.3 Å². The van der Waals surface area contributed by atoms with Gasteiger partial charge in [-0.2, -0.15) is 0 Å². The first-order valence-corrected chi connectivity index (χ1v) is 10.9. The van der Waals surface area contributed by atoms with E-state index in [4.69, 9.17) is 14.5 Å². The minimum Gasteiger partial charge on any atom is -0.494 e. The minimum atomic E-state index is -0.228. The smallest absolute Gasteiger partial charge is 0.262 e. The van der Waals surface area contributed by atoms with Crippen LogP contribution in [0.25, 0.3) is 21.8 Å². The Labute approximate surface area is 185 Å². The van der Waals surface area contributed by atoms with Gasteiger partial charge < -0.3 is 14.8 Å². The van der Waals surface area contributed by atoms with Gasteiger partial charge >= 0.3 is 0 Å². The molecule has 0 aliphatic carbocycles. The quantitative estimate of drug-likeness (QED) is 0.378. The van der Waals surface area contributed by atoms with E-state index in [1.54, 1.807) is 23.5 Å². The average molecular weight is 431 g/mol. The predicted octanol–water partition coefficient (Wildman–Crippen LogP) is 5.89. The second-order valence-corrected chi connectivity index (χ2v) is 7.58. The Morgan fingerprint density at radius 3 is 2.35 bits per heavy atom. The number of carbonyl (C=O) groups is 1. The van der Waals surface area contributed by atoms with Crippen molar-refractivity contribution in [1.29, 1.82) is 0 Å². The van der Waals surface area contributed by atoms with Crippen molar-refractivity contribution in [2.75, 3.05) is 18.5 Å². The van der Waals surface area contributed by atoms with E-state index in [9.17, 15) is 4.79 Å². The number of amides is 1. The molecule has 4 rings (SSSR count). The maximum atomic E-state index is 12.3. The molecule has 1 N–H and O–H groups in total. The average Bonchev–Trinajstić information content (AvgIpc) is 3.30. The normalized spacial score (nSPS) is 10.5. The summed E-state index contributed by atoms with van der Waals surface area (Å²) in [5.41, 5.74) is 3.62. The predicted molar refractivity (Wildman–Crippen MR) is 125 cm³/mol. The van der Waals surface area contributed by atoms with E-state index in [0.29, 0.717) is 18.0 Å². The zero-order chi connectivity index (χ0) is 21.5. The van der Waals surface area contributed by atoms with E-state index < -0.39 is 0 Å². The van der Waals surface area contributed by atoms with Crippen molar-refractivity contribution < 1.29 is 14.3 Å². The highest BCUT2D eigenvalue weighted by Gasteiger charge is 2.09. The Morgan fingerprint density at radius 1 is 0.903 bits per heavy atom. The monoisotopic (exact) mass is 430 g/mol. The van der Waals surface area contributed by atoms with Gasteiger partial charge in [0.2, 0.25) is 0 Å². The van der Waals surface area contributed by atoms with Gasteiger partial charge in [0.15, 0.2) is 6.61 Å². The number of thiazole rings is 1. The fraction of sp³-hybridized carbons (Fsp3) is 0.120. The standard InChI is InChI=1S/C25H22N2O3S/c1-2-29-21-11-13-22(14-12-21)30-16-24(28)26-20-10-6-9-19(15-20)23-17-31-25(27-23)18-7-4-3-5-8-18/h3-15,17H,2,16H2,1H3,(H,26,28). The fourth-order valence-corrected chi connectivity index (χ4v) is 3.86. The van der Waals surface area contributed by atoms with Crippen molar-refractivity contribution >= 4 is 22.9 Å². The van der Waals surface area contributed by atoms with E-state index in [-0.39, 0.29) is 12.5 Å². The number of ether oxygens (including phenoxy) is 2. The summed E-state index contributed by atoms with van der Waals surface area (Å²) < 4.78 is 11.0. The van der Waals surface area contributed by atoms with Crippen LogP contribution in [0, 0.1) is 0 Å². The molecule has 1 heterocycles. The molecule has 1 amide bonds. The highest BCUT2D eigenvalue weighted by molar-refractivity contribution is 7.13. The number of rotatable bonds is 8. The van der Waals surface area contributed by atoms with E-state index in [2.05, 4.69) is 5.32 Å². The third-order valence-electron chi connectivity index (χ3n) is 4.47. The summed E-state index contributed by atoms with van der Waals surface area (Å²) in [6.07, 6.45) is 0. The molecule has 156 valence electrons. The molecule has 6 heteroatoms. The van der Waals surface area contributed by atoms with Crippen molar-refractivity contribution in [3.05, 3.63) is 84.2 Å². The summed E-state index contributed by atoms with van der Waals surface area (Å²) in [4.78, 5) is 17.1. The van der Waals surface area contributed by atoms with Crippen LogP contribution in [-0.2, 0) is 4.79 Å². The Kier molecular flexibility index (Phi) is 6.59. The van der Waals surface area contributed by atoms with Crippen LogP contribution in [0.3, 0.4) is 0 Å². The summed E-state index contributed by atoms with van der Waals surface area (Å²) in [5.74, 6) is 1.16. The number of hydrogen-bond donors (Lipinski definition) is 1. The molecular formula is C25H22N2O3S.